The van der Waals surface area contributed by atoms with E-state index >= 15 is 0 Å². The van der Waals surface area contributed by atoms with Gasteiger partial charge < -0.3 is 38.9 Å². The molecular formula is C38H46N6O11S. The van der Waals surface area contributed by atoms with Crippen LogP contribution in [0.5, 0.6) is 11.6 Å². The number of carbonyl (C=O) groups excluding carboxylic acids is 4. The summed E-state index contributed by atoms with van der Waals surface area (Å²) in [4.78, 5) is 66.0. The number of nitrogens with zero attached hydrogens (tertiary/aromatic N) is 3. The number of methoxy groups -OCH3 is 1. The molecule has 2 aromatic heterocycles. The summed E-state index contributed by atoms with van der Waals surface area (Å²) in [6, 6.07) is 4.81. The SMILES string of the molecule is COc1ccc2c(OC3C[C@H]4C(=O)N[C@]5(C(=O)NS(=O)(=O)C6CC6)C[C@H]5/C=C\COCCC[C@H](NC(=O)OC(C)(C)C)C(=O)N4C3)nc(-c3ncco3)cc2c1. The average molecular weight is 795 g/mol. The fourth-order valence-corrected chi connectivity index (χ4v) is 8.41. The van der Waals surface area contributed by atoms with Gasteiger partial charge in [-0.25, -0.2) is 23.2 Å². The molecule has 3 fully saturated rings. The van der Waals surface area contributed by atoms with Crippen LogP contribution in [0.15, 0.2) is 53.3 Å². The molecule has 4 heterocycles. The third-order valence-electron chi connectivity index (χ3n) is 10.1. The molecule has 0 spiro atoms. The number of amides is 4. The Morgan fingerprint density at radius 2 is 1.93 bits per heavy atom. The van der Waals surface area contributed by atoms with E-state index in [2.05, 4.69) is 20.3 Å². The van der Waals surface area contributed by atoms with Crippen LogP contribution in [0.4, 0.5) is 4.79 Å². The first-order valence-corrected chi connectivity index (χ1v) is 20.2. The van der Waals surface area contributed by atoms with Crippen molar-refractivity contribution in [3.63, 3.8) is 0 Å². The van der Waals surface area contributed by atoms with Gasteiger partial charge in [-0.3, -0.25) is 19.1 Å². The van der Waals surface area contributed by atoms with Crippen molar-refractivity contribution in [1.29, 1.82) is 0 Å². The van der Waals surface area contributed by atoms with Gasteiger partial charge in [0.2, 0.25) is 33.6 Å². The lowest BCUT2D eigenvalue weighted by Crippen LogP contribution is -2.58. The molecule has 0 radical (unpaired) electrons. The molecule has 1 aromatic carbocycles. The highest BCUT2D eigenvalue weighted by Gasteiger charge is 2.62. The van der Waals surface area contributed by atoms with Crippen molar-refractivity contribution >= 4 is 44.6 Å². The number of carbonyl (C=O) groups is 4. The van der Waals surface area contributed by atoms with Crippen LogP contribution in [-0.2, 0) is 33.9 Å². The highest BCUT2D eigenvalue weighted by atomic mass is 32.2. The molecule has 3 N–H and O–H groups in total. The van der Waals surface area contributed by atoms with Crippen LogP contribution in [-0.4, -0.2) is 109 Å². The topological polar surface area (TPSA) is 218 Å². The molecule has 2 aliphatic heterocycles. The maximum Gasteiger partial charge on any atom is 0.408 e. The monoisotopic (exact) mass is 794 g/mol. The fourth-order valence-electron chi connectivity index (χ4n) is 7.05. The van der Waals surface area contributed by atoms with Crippen molar-refractivity contribution in [3.05, 3.63) is 48.9 Å². The normalized spacial score (nSPS) is 26.5. The molecule has 1 unspecified atom stereocenters. The summed E-state index contributed by atoms with van der Waals surface area (Å²) in [5.41, 5.74) is -2.06. The minimum atomic E-state index is -3.94. The van der Waals surface area contributed by atoms with E-state index in [1.54, 1.807) is 64.3 Å². The molecule has 4 amide bonds. The zero-order valence-corrected chi connectivity index (χ0v) is 32.4. The molecule has 4 aliphatic rings. The highest BCUT2D eigenvalue weighted by Crippen LogP contribution is 2.46. The zero-order chi connectivity index (χ0) is 39.8. The van der Waals surface area contributed by atoms with Crippen LogP contribution in [0, 0.1) is 5.92 Å². The van der Waals surface area contributed by atoms with E-state index in [-0.39, 0.29) is 50.8 Å². The minimum Gasteiger partial charge on any atom is -0.497 e. The van der Waals surface area contributed by atoms with Crippen molar-refractivity contribution in [2.75, 3.05) is 26.9 Å². The Balaban J connectivity index is 1.22. The Kier molecular flexibility index (Phi) is 10.7. The van der Waals surface area contributed by atoms with E-state index < -0.39 is 74.3 Å². The molecule has 2 aliphatic carbocycles. The van der Waals surface area contributed by atoms with Crippen LogP contribution in [0.2, 0.25) is 0 Å². The Hall–Kier alpha value is -5.23. The molecule has 17 nitrogen and oxygen atoms in total. The average Bonchev–Trinajstić information content (AvgIpc) is 4.00. The largest absolute Gasteiger partial charge is 0.497 e. The van der Waals surface area contributed by atoms with E-state index in [0.29, 0.717) is 41.5 Å². The summed E-state index contributed by atoms with van der Waals surface area (Å²) in [6.07, 6.45) is 6.29. The van der Waals surface area contributed by atoms with Crippen molar-refractivity contribution in [2.24, 2.45) is 5.92 Å². The van der Waals surface area contributed by atoms with Gasteiger partial charge in [-0.1, -0.05) is 12.2 Å². The van der Waals surface area contributed by atoms with Crippen molar-refractivity contribution in [2.45, 2.75) is 93.9 Å². The molecule has 56 heavy (non-hydrogen) atoms. The lowest BCUT2D eigenvalue weighted by atomic mass is 10.1. The summed E-state index contributed by atoms with van der Waals surface area (Å²) in [7, 11) is -2.39. The summed E-state index contributed by atoms with van der Waals surface area (Å²) < 4.78 is 56.6. The number of oxazole rings is 1. The van der Waals surface area contributed by atoms with Crippen LogP contribution in [0.25, 0.3) is 22.4 Å². The molecule has 0 bridgehead atoms. The molecule has 18 heteroatoms. The van der Waals surface area contributed by atoms with Gasteiger partial charge in [-0.05, 0) is 82.5 Å². The van der Waals surface area contributed by atoms with Gasteiger partial charge in [0.15, 0.2) is 0 Å². The standard InChI is InChI=1S/C38H46N6O11S/c1-37(2,3)55-36(48)41-28-8-6-15-52-14-5-7-23-20-38(23,35(47)43-56(49,50)26-10-11-26)42-31(45)30-19-25(21-44(30)34(28)46)54-32-27-12-9-24(51-4)17-22(27)18-29(40-32)33-39-13-16-53-33/h5,7,9,12-13,16-18,23,25-26,28,30H,6,8,10-11,14-15,19-21H2,1-4H3,(H,41,48)(H,42,45)(H,43,47)/b7-5-/t23-,25?,28+,30+,38-/m1/s1. The Morgan fingerprint density at radius 1 is 1.12 bits per heavy atom. The molecule has 5 atom stereocenters. The summed E-state index contributed by atoms with van der Waals surface area (Å²) in [5, 5.41) is 6.18. The molecular weight excluding hydrogens is 749 g/mol. The summed E-state index contributed by atoms with van der Waals surface area (Å²) in [5.74, 6) is -1.61. The number of alkyl carbamates (subject to hydrolysis) is 1. The second kappa shape index (κ2) is 15.4. The number of hydrogen-bond donors (Lipinski definition) is 3. The quantitative estimate of drug-likeness (QED) is 0.280. The van der Waals surface area contributed by atoms with Gasteiger partial charge in [-0.2, -0.15) is 0 Å². The predicted molar refractivity (Wildman–Crippen MR) is 200 cm³/mol. The van der Waals surface area contributed by atoms with Gasteiger partial charge in [0.1, 0.15) is 47.0 Å². The summed E-state index contributed by atoms with van der Waals surface area (Å²) in [6.45, 7) is 5.44. The molecule has 7 rings (SSSR count). The number of benzene rings is 1. The van der Waals surface area contributed by atoms with Crippen LogP contribution >= 0.6 is 0 Å². The Morgan fingerprint density at radius 3 is 2.64 bits per heavy atom. The second-order valence-electron chi connectivity index (χ2n) is 15.5. The predicted octanol–water partition coefficient (Wildman–Crippen LogP) is 2.99. The minimum absolute atomic E-state index is 0.0268. The molecule has 300 valence electrons. The van der Waals surface area contributed by atoms with Gasteiger partial charge in [0.05, 0.1) is 31.7 Å². The third kappa shape index (κ3) is 8.60. The molecule has 2 saturated carbocycles. The number of pyridine rings is 1. The van der Waals surface area contributed by atoms with Crippen molar-refractivity contribution in [3.8, 4) is 23.2 Å². The van der Waals surface area contributed by atoms with Gasteiger partial charge in [0.25, 0.3) is 5.91 Å². The smallest absolute Gasteiger partial charge is 0.408 e. The zero-order valence-electron chi connectivity index (χ0n) is 31.6. The number of sulfonamides is 1. The van der Waals surface area contributed by atoms with E-state index in [0.717, 1.165) is 0 Å². The van der Waals surface area contributed by atoms with Crippen LogP contribution in [0.1, 0.15) is 59.3 Å². The van der Waals surface area contributed by atoms with E-state index in [4.69, 9.17) is 28.3 Å². The van der Waals surface area contributed by atoms with Gasteiger partial charge >= 0.3 is 6.09 Å². The van der Waals surface area contributed by atoms with Crippen LogP contribution < -0.4 is 24.8 Å². The van der Waals surface area contributed by atoms with Crippen LogP contribution in [0.3, 0.4) is 0 Å². The van der Waals surface area contributed by atoms with Crippen molar-refractivity contribution < 1.29 is 51.0 Å². The number of nitrogens with one attached hydrogen (secondary N) is 3. The van der Waals surface area contributed by atoms with E-state index in [1.807, 2.05) is 0 Å². The number of ether oxygens (including phenoxy) is 4. The molecule has 1 saturated heterocycles. The fraction of sp³-hybridized carbons (Fsp3) is 0.526. The Bertz CT molecular complexity index is 2130. The van der Waals surface area contributed by atoms with Gasteiger partial charge in [0, 0.05) is 24.3 Å². The number of rotatable bonds is 8. The first kappa shape index (κ1) is 39.0. The second-order valence-corrected chi connectivity index (χ2v) is 17.5. The maximum atomic E-state index is 14.5. The molecule has 3 aromatic rings. The number of fused-ring (bicyclic) bond motifs is 3. The maximum absolute atomic E-state index is 14.5. The van der Waals surface area contributed by atoms with Crippen molar-refractivity contribution in [1.82, 2.24) is 30.2 Å². The number of hydrogen-bond acceptors (Lipinski definition) is 13. The lowest BCUT2D eigenvalue weighted by Gasteiger charge is -2.30. The first-order chi connectivity index (χ1) is 26.7. The van der Waals surface area contributed by atoms with E-state index in [9.17, 15) is 27.6 Å². The highest BCUT2D eigenvalue weighted by molar-refractivity contribution is 7.91. The summed E-state index contributed by atoms with van der Waals surface area (Å²) >= 11 is 0. The lowest BCUT2D eigenvalue weighted by molar-refractivity contribution is -0.141. The van der Waals surface area contributed by atoms with Gasteiger partial charge in [-0.15, -0.1) is 0 Å². The third-order valence-corrected chi connectivity index (χ3v) is 11.9. The number of aromatic nitrogens is 2. The first-order valence-electron chi connectivity index (χ1n) is 18.6. The van der Waals surface area contributed by atoms with E-state index in [1.165, 1.54) is 17.4 Å². The Labute approximate surface area is 323 Å².